The molecule has 0 atom stereocenters. The summed E-state index contributed by atoms with van der Waals surface area (Å²) >= 11 is 0. The highest BCUT2D eigenvalue weighted by atomic mass is 16.1. The summed E-state index contributed by atoms with van der Waals surface area (Å²) < 4.78 is 0. The van der Waals surface area contributed by atoms with Crippen LogP contribution in [0.1, 0.15) is 41.5 Å². The average Bonchev–Trinajstić information content (AvgIpc) is 2.16. The average molecular weight is 234 g/mol. The van der Waals surface area contributed by atoms with Crippen LogP contribution in [0.4, 0.5) is 0 Å². The lowest BCUT2D eigenvalue weighted by atomic mass is 9.90. The van der Waals surface area contributed by atoms with Crippen molar-refractivity contribution < 1.29 is 9.59 Å². The van der Waals surface area contributed by atoms with Gasteiger partial charge in [-0.3, -0.25) is 9.59 Å². The minimum absolute atomic E-state index is 0.00562. The Kier molecular flexibility index (Phi) is 6.40. The third-order valence-corrected chi connectivity index (χ3v) is 2.60. The third-order valence-electron chi connectivity index (χ3n) is 2.60. The van der Waals surface area contributed by atoms with Crippen molar-refractivity contribution >= 4 is 11.6 Å². The summed E-state index contributed by atoms with van der Waals surface area (Å²) in [6.45, 7) is 10.9. The summed E-state index contributed by atoms with van der Waals surface area (Å²) in [4.78, 5) is 22.5. The highest BCUT2D eigenvalue weighted by molar-refractivity contribution is 5.95. The highest BCUT2D eigenvalue weighted by Gasteiger charge is 2.13. The molecule has 0 aliphatic carbocycles. The van der Waals surface area contributed by atoms with Crippen LogP contribution in [0.3, 0.4) is 0 Å². The minimum Gasteiger partial charge on any atom is -0.295 e. The van der Waals surface area contributed by atoms with Crippen molar-refractivity contribution in [2.45, 2.75) is 41.5 Å². The van der Waals surface area contributed by atoms with Crippen molar-refractivity contribution in [1.82, 2.24) is 0 Å². The Hall–Kier alpha value is -1.44. The standard InChI is InChI=1S/C15H22O2/c1-7-14(9-8-11(4)16)12(5)15(10(2)3)13(6)17/h7-10H,1-6H3. The van der Waals surface area contributed by atoms with Gasteiger partial charge < -0.3 is 0 Å². The van der Waals surface area contributed by atoms with E-state index in [1.54, 1.807) is 13.0 Å². The first-order chi connectivity index (χ1) is 7.81. The number of allylic oxidation sites excluding steroid dienone is 6. The maximum atomic E-state index is 11.6. The molecule has 0 aromatic rings. The van der Waals surface area contributed by atoms with Crippen LogP contribution < -0.4 is 0 Å². The molecule has 0 radical (unpaired) electrons. The second-order valence-electron chi connectivity index (χ2n) is 4.44. The summed E-state index contributed by atoms with van der Waals surface area (Å²) in [7, 11) is 0. The molecular formula is C15H22O2. The first kappa shape index (κ1) is 15.6. The van der Waals surface area contributed by atoms with Gasteiger partial charge in [-0.25, -0.2) is 0 Å². The van der Waals surface area contributed by atoms with E-state index >= 15 is 0 Å². The molecular weight excluding hydrogens is 212 g/mol. The lowest BCUT2D eigenvalue weighted by molar-refractivity contribution is -0.114. The lowest BCUT2D eigenvalue weighted by Gasteiger charge is -2.13. The number of carbonyl (C=O) groups is 2. The van der Waals surface area contributed by atoms with E-state index in [1.807, 2.05) is 33.8 Å². The summed E-state index contributed by atoms with van der Waals surface area (Å²) in [6, 6.07) is 0. The summed E-state index contributed by atoms with van der Waals surface area (Å²) in [5, 5.41) is 0. The predicted molar refractivity (Wildman–Crippen MR) is 71.8 cm³/mol. The summed E-state index contributed by atoms with van der Waals surface area (Å²) in [6.07, 6.45) is 5.21. The molecule has 17 heavy (non-hydrogen) atoms. The van der Waals surface area contributed by atoms with Gasteiger partial charge in [-0.05, 0) is 50.8 Å². The number of carbonyl (C=O) groups excluding carboxylic acids is 2. The van der Waals surface area contributed by atoms with Crippen LogP contribution in [0, 0.1) is 5.92 Å². The van der Waals surface area contributed by atoms with Gasteiger partial charge in [-0.2, -0.15) is 0 Å². The highest BCUT2D eigenvalue weighted by Crippen LogP contribution is 2.22. The van der Waals surface area contributed by atoms with E-state index < -0.39 is 0 Å². The van der Waals surface area contributed by atoms with E-state index in [0.29, 0.717) is 0 Å². The molecule has 2 heteroatoms. The Morgan fingerprint density at radius 1 is 1.00 bits per heavy atom. The van der Waals surface area contributed by atoms with E-state index in [0.717, 1.165) is 16.7 Å². The number of hydrogen-bond acceptors (Lipinski definition) is 2. The van der Waals surface area contributed by atoms with E-state index in [9.17, 15) is 9.59 Å². The zero-order valence-electron chi connectivity index (χ0n) is 11.6. The van der Waals surface area contributed by atoms with Crippen LogP contribution in [-0.4, -0.2) is 11.6 Å². The molecule has 0 aliphatic heterocycles. The van der Waals surface area contributed by atoms with Gasteiger partial charge in [0.2, 0.25) is 0 Å². The van der Waals surface area contributed by atoms with Crippen LogP contribution in [0.5, 0.6) is 0 Å². The van der Waals surface area contributed by atoms with Crippen molar-refractivity contribution in [3.63, 3.8) is 0 Å². The Bertz CT molecular complexity index is 393. The molecule has 0 spiro atoms. The molecule has 0 heterocycles. The Labute approximate surface area is 104 Å². The molecule has 0 N–H and O–H groups in total. The molecule has 0 rings (SSSR count). The van der Waals surface area contributed by atoms with Gasteiger partial charge in [-0.15, -0.1) is 0 Å². The Morgan fingerprint density at radius 2 is 1.53 bits per heavy atom. The molecule has 0 fully saturated rings. The fourth-order valence-electron chi connectivity index (χ4n) is 1.90. The van der Waals surface area contributed by atoms with Gasteiger partial charge in [-0.1, -0.05) is 26.0 Å². The number of Topliss-reactive ketones (excluding diaryl/α,β-unsaturated/α-hetero) is 1. The van der Waals surface area contributed by atoms with Crippen LogP contribution in [0.25, 0.3) is 0 Å². The second-order valence-corrected chi connectivity index (χ2v) is 4.44. The largest absolute Gasteiger partial charge is 0.295 e. The monoisotopic (exact) mass is 234 g/mol. The number of rotatable bonds is 5. The fourth-order valence-corrected chi connectivity index (χ4v) is 1.90. The van der Waals surface area contributed by atoms with Gasteiger partial charge >= 0.3 is 0 Å². The predicted octanol–water partition coefficient (Wildman–Crippen LogP) is 3.64. The molecule has 0 aromatic carbocycles. The van der Waals surface area contributed by atoms with E-state index in [-0.39, 0.29) is 17.5 Å². The van der Waals surface area contributed by atoms with Crippen molar-refractivity contribution in [2.24, 2.45) is 5.92 Å². The molecule has 0 saturated heterocycles. The zero-order chi connectivity index (χ0) is 13.6. The van der Waals surface area contributed by atoms with Crippen LogP contribution in [0.2, 0.25) is 0 Å². The van der Waals surface area contributed by atoms with Crippen molar-refractivity contribution in [3.05, 3.63) is 34.9 Å². The molecule has 0 unspecified atom stereocenters. The molecule has 0 amide bonds. The number of ketones is 2. The smallest absolute Gasteiger partial charge is 0.156 e. The van der Waals surface area contributed by atoms with Gasteiger partial charge in [0.25, 0.3) is 0 Å². The summed E-state index contributed by atoms with van der Waals surface area (Å²) in [5.41, 5.74) is 2.71. The molecule has 94 valence electrons. The lowest BCUT2D eigenvalue weighted by Crippen LogP contribution is -2.08. The molecule has 0 aliphatic rings. The first-order valence-electron chi connectivity index (χ1n) is 5.88. The molecule has 0 saturated carbocycles. The topological polar surface area (TPSA) is 34.1 Å². The van der Waals surface area contributed by atoms with Crippen LogP contribution in [-0.2, 0) is 9.59 Å². The summed E-state index contributed by atoms with van der Waals surface area (Å²) in [5.74, 6) is 0.285. The first-order valence-corrected chi connectivity index (χ1v) is 5.88. The van der Waals surface area contributed by atoms with Crippen LogP contribution in [0.15, 0.2) is 34.9 Å². The van der Waals surface area contributed by atoms with E-state index in [4.69, 9.17) is 0 Å². The van der Waals surface area contributed by atoms with Gasteiger partial charge in [0.05, 0.1) is 0 Å². The zero-order valence-corrected chi connectivity index (χ0v) is 11.6. The third kappa shape index (κ3) is 4.94. The quantitative estimate of drug-likeness (QED) is 0.537. The Balaban J connectivity index is 5.48. The Morgan fingerprint density at radius 3 is 1.82 bits per heavy atom. The van der Waals surface area contributed by atoms with Crippen molar-refractivity contribution in [1.29, 1.82) is 0 Å². The minimum atomic E-state index is 0.00562. The van der Waals surface area contributed by atoms with E-state index in [2.05, 4.69) is 0 Å². The van der Waals surface area contributed by atoms with Crippen molar-refractivity contribution in [2.75, 3.05) is 0 Å². The second kappa shape index (κ2) is 7.00. The molecule has 0 bridgehead atoms. The normalized spacial score (nSPS) is 14.2. The van der Waals surface area contributed by atoms with Gasteiger partial charge in [0, 0.05) is 5.57 Å². The fraction of sp³-hybridized carbons (Fsp3) is 0.467. The van der Waals surface area contributed by atoms with E-state index in [1.165, 1.54) is 13.0 Å². The maximum absolute atomic E-state index is 11.6. The van der Waals surface area contributed by atoms with Gasteiger partial charge in [0.1, 0.15) is 0 Å². The molecule has 2 nitrogen and oxygen atoms in total. The SMILES string of the molecule is CC=C(C=CC(C)=O)C(C)=C(C(C)=O)C(C)C. The van der Waals surface area contributed by atoms with Crippen molar-refractivity contribution in [3.8, 4) is 0 Å². The van der Waals surface area contributed by atoms with Crippen LogP contribution >= 0.6 is 0 Å². The maximum Gasteiger partial charge on any atom is 0.156 e. The van der Waals surface area contributed by atoms with Gasteiger partial charge in [0.15, 0.2) is 11.6 Å². The molecule has 0 aromatic heterocycles. The number of hydrogen-bond donors (Lipinski definition) is 0.